The summed E-state index contributed by atoms with van der Waals surface area (Å²) in [6.45, 7) is 0.376. The third-order valence-electron chi connectivity index (χ3n) is 4.34. The quantitative estimate of drug-likeness (QED) is 0.624. The van der Waals surface area contributed by atoms with Crippen molar-refractivity contribution in [1.82, 2.24) is 15.3 Å². The molecule has 3 rings (SSSR count). The lowest BCUT2D eigenvalue weighted by Gasteiger charge is -2.32. The average molecular weight is 400 g/mol. The number of halogens is 4. The van der Waals surface area contributed by atoms with E-state index in [2.05, 4.69) is 15.3 Å². The van der Waals surface area contributed by atoms with E-state index in [9.17, 15) is 18.0 Å². The molecule has 5 nitrogen and oxygen atoms in total. The van der Waals surface area contributed by atoms with Gasteiger partial charge in [-0.1, -0.05) is 29.8 Å². The summed E-state index contributed by atoms with van der Waals surface area (Å²) in [6.07, 6.45) is -1.75. The first kappa shape index (κ1) is 19.6. The first-order valence-corrected chi connectivity index (χ1v) is 8.79. The summed E-state index contributed by atoms with van der Waals surface area (Å²) in [5, 5.41) is 2.76. The van der Waals surface area contributed by atoms with Gasteiger partial charge in [0.05, 0.1) is 6.10 Å². The highest BCUT2D eigenvalue weighted by atomic mass is 35.5. The molecular formula is C18H17ClF3N3O2. The predicted molar refractivity (Wildman–Crippen MR) is 92.0 cm³/mol. The van der Waals surface area contributed by atoms with Gasteiger partial charge in [-0.2, -0.15) is 13.2 Å². The van der Waals surface area contributed by atoms with Gasteiger partial charge in [-0.15, -0.1) is 0 Å². The molecule has 3 atom stereocenters. The van der Waals surface area contributed by atoms with Gasteiger partial charge in [0.2, 0.25) is 5.82 Å². The summed E-state index contributed by atoms with van der Waals surface area (Å²) in [6, 6.07) is 8.70. The van der Waals surface area contributed by atoms with E-state index < -0.39 is 23.6 Å². The Morgan fingerprint density at radius 1 is 1.22 bits per heavy atom. The molecule has 0 saturated carbocycles. The van der Waals surface area contributed by atoms with Gasteiger partial charge in [-0.25, -0.2) is 9.97 Å². The van der Waals surface area contributed by atoms with E-state index in [1.807, 2.05) is 6.07 Å². The molecule has 1 fully saturated rings. The van der Waals surface area contributed by atoms with Gasteiger partial charge < -0.3 is 10.1 Å². The lowest BCUT2D eigenvalue weighted by atomic mass is 9.92. The highest BCUT2D eigenvalue weighted by molar-refractivity contribution is 6.22. The van der Waals surface area contributed by atoms with Crippen molar-refractivity contribution in [2.45, 2.75) is 30.6 Å². The maximum Gasteiger partial charge on any atom is 0.451 e. The molecule has 1 aliphatic heterocycles. The Hall–Kier alpha value is -2.19. The van der Waals surface area contributed by atoms with E-state index in [-0.39, 0.29) is 11.8 Å². The topological polar surface area (TPSA) is 64.1 Å². The molecule has 2 heterocycles. The van der Waals surface area contributed by atoms with Crippen LogP contribution in [0.4, 0.5) is 13.2 Å². The van der Waals surface area contributed by atoms with Gasteiger partial charge in [0, 0.05) is 30.1 Å². The predicted octanol–water partition coefficient (Wildman–Crippen LogP) is 3.96. The van der Waals surface area contributed by atoms with Crippen LogP contribution in [-0.2, 0) is 10.9 Å². The van der Waals surface area contributed by atoms with Crippen molar-refractivity contribution in [1.29, 1.82) is 0 Å². The number of rotatable bonds is 4. The maximum atomic E-state index is 12.6. The minimum atomic E-state index is -4.59. The smallest absolute Gasteiger partial charge is 0.373 e. The average Bonchev–Trinajstić information content (AvgIpc) is 2.68. The zero-order valence-corrected chi connectivity index (χ0v) is 14.9. The van der Waals surface area contributed by atoms with Gasteiger partial charge in [0.25, 0.3) is 5.91 Å². The van der Waals surface area contributed by atoms with E-state index in [4.69, 9.17) is 16.3 Å². The zero-order valence-electron chi connectivity index (χ0n) is 14.1. The zero-order chi connectivity index (χ0) is 19.4. The first-order chi connectivity index (χ1) is 12.8. The molecule has 1 amide bonds. The number of hydrogen-bond acceptors (Lipinski definition) is 4. The Bertz CT molecular complexity index is 772. The van der Waals surface area contributed by atoms with Crippen molar-refractivity contribution < 1.29 is 22.7 Å². The number of benzene rings is 1. The van der Waals surface area contributed by atoms with Crippen LogP contribution in [-0.4, -0.2) is 28.0 Å². The fourth-order valence-corrected chi connectivity index (χ4v) is 3.22. The monoisotopic (exact) mass is 399 g/mol. The number of ether oxygens (including phenoxy) is 1. The van der Waals surface area contributed by atoms with Crippen LogP contribution in [0.2, 0.25) is 0 Å². The minimum absolute atomic E-state index is 0.0969. The van der Waals surface area contributed by atoms with Crippen LogP contribution >= 0.6 is 11.6 Å². The van der Waals surface area contributed by atoms with E-state index in [0.717, 1.165) is 12.4 Å². The Morgan fingerprint density at radius 3 is 2.52 bits per heavy atom. The van der Waals surface area contributed by atoms with Crippen molar-refractivity contribution in [3.05, 3.63) is 59.7 Å². The second kappa shape index (κ2) is 8.22. The van der Waals surface area contributed by atoms with Crippen molar-refractivity contribution >= 4 is 17.5 Å². The van der Waals surface area contributed by atoms with Gasteiger partial charge in [-0.3, -0.25) is 4.79 Å². The molecule has 9 heteroatoms. The van der Waals surface area contributed by atoms with Crippen LogP contribution in [0.5, 0.6) is 0 Å². The van der Waals surface area contributed by atoms with Gasteiger partial charge in [0.1, 0.15) is 5.50 Å². The summed E-state index contributed by atoms with van der Waals surface area (Å²) < 4.78 is 43.4. The van der Waals surface area contributed by atoms with Crippen LogP contribution in [0.15, 0.2) is 42.7 Å². The van der Waals surface area contributed by atoms with Crippen molar-refractivity contribution in [3.63, 3.8) is 0 Å². The van der Waals surface area contributed by atoms with E-state index in [0.29, 0.717) is 30.6 Å². The molecule has 0 radical (unpaired) electrons. The molecule has 1 aromatic heterocycles. The lowest BCUT2D eigenvalue weighted by molar-refractivity contribution is -0.145. The summed E-state index contributed by atoms with van der Waals surface area (Å²) in [7, 11) is 0. The number of nitrogens with zero attached hydrogens (tertiary/aromatic N) is 2. The summed E-state index contributed by atoms with van der Waals surface area (Å²) in [4.78, 5) is 19.0. The molecule has 3 unspecified atom stereocenters. The summed E-state index contributed by atoms with van der Waals surface area (Å²) in [5.41, 5.74) is 0.327. The number of nitrogens with one attached hydrogen (secondary N) is 1. The number of hydrogen-bond donors (Lipinski definition) is 1. The fraction of sp³-hybridized carbons (Fsp3) is 0.389. The Morgan fingerprint density at radius 2 is 1.89 bits per heavy atom. The first-order valence-electron chi connectivity index (χ1n) is 8.35. The highest BCUT2D eigenvalue weighted by Gasteiger charge is 2.35. The third-order valence-corrected chi connectivity index (χ3v) is 4.81. The number of carbonyl (C=O) groups excluding carboxylic acids is 1. The van der Waals surface area contributed by atoms with Gasteiger partial charge in [-0.05, 0) is 30.9 Å². The normalized spacial score (nSPS) is 21.5. The van der Waals surface area contributed by atoms with Crippen LogP contribution in [0.1, 0.15) is 40.7 Å². The number of aromatic nitrogens is 2. The second-order valence-electron chi connectivity index (χ2n) is 6.22. The maximum absolute atomic E-state index is 12.6. The molecule has 0 aliphatic carbocycles. The molecule has 1 N–H and O–H groups in total. The molecular weight excluding hydrogens is 383 g/mol. The molecule has 0 bridgehead atoms. The SMILES string of the molecule is O=C(NC(Cl)C1CCOC(c2cnc(C(F)(F)F)nc2)C1)c1ccccc1. The van der Waals surface area contributed by atoms with Gasteiger partial charge >= 0.3 is 6.18 Å². The highest BCUT2D eigenvalue weighted by Crippen LogP contribution is 2.34. The van der Waals surface area contributed by atoms with Crippen LogP contribution < -0.4 is 5.32 Å². The Balaban J connectivity index is 1.62. The van der Waals surface area contributed by atoms with Crippen LogP contribution in [0.25, 0.3) is 0 Å². The second-order valence-corrected chi connectivity index (χ2v) is 6.69. The molecule has 1 aliphatic rings. The van der Waals surface area contributed by atoms with Crippen LogP contribution in [0.3, 0.4) is 0 Å². The molecule has 2 aromatic rings. The van der Waals surface area contributed by atoms with Gasteiger partial charge in [0.15, 0.2) is 0 Å². The number of carbonyl (C=O) groups is 1. The summed E-state index contributed by atoms with van der Waals surface area (Å²) >= 11 is 6.37. The van der Waals surface area contributed by atoms with Crippen molar-refractivity contribution in [2.75, 3.05) is 6.61 Å². The Labute approximate surface area is 158 Å². The standard InChI is InChI=1S/C18H17ClF3N3O2/c19-15(25-16(26)11-4-2-1-3-5-11)12-6-7-27-14(8-12)13-9-23-17(24-10-13)18(20,21)22/h1-5,9-10,12,14-15H,6-8H2,(H,25,26). The van der Waals surface area contributed by atoms with E-state index in [1.54, 1.807) is 24.3 Å². The lowest BCUT2D eigenvalue weighted by Crippen LogP contribution is -2.39. The van der Waals surface area contributed by atoms with Crippen molar-refractivity contribution in [3.8, 4) is 0 Å². The fourth-order valence-electron chi connectivity index (χ4n) is 2.89. The largest absolute Gasteiger partial charge is 0.451 e. The minimum Gasteiger partial charge on any atom is -0.373 e. The number of alkyl halides is 4. The molecule has 1 aromatic carbocycles. The molecule has 1 saturated heterocycles. The molecule has 0 spiro atoms. The number of amides is 1. The van der Waals surface area contributed by atoms with E-state index >= 15 is 0 Å². The Kier molecular flexibility index (Phi) is 5.96. The summed E-state index contributed by atoms with van der Waals surface area (Å²) in [5.74, 6) is -1.57. The van der Waals surface area contributed by atoms with Crippen LogP contribution in [0, 0.1) is 5.92 Å². The van der Waals surface area contributed by atoms with E-state index in [1.165, 1.54) is 0 Å². The third kappa shape index (κ3) is 4.95. The van der Waals surface area contributed by atoms with Crippen molar-refractivity contribution in [2.24, 2.45) is 5.92 Å². The molecule has 144 valence electrons. The molecule has 27 heavy (non-hydrogen) atoms.